The molecule has 118 valence electrons. The smallest absolute Gasteiger partial charge is 0.241 e. The van der Waals surface area contributed by atoms with E-state index in [1.807, 2.05) is 44.2 Å². The summed E-state index contributed by atoms with van der Waals surface area (Å²) in [7, 11) is -3.55. The average molecular weight is 319 g/mol. The first kappa shape index (κ1) is 16.5. The van der Waals surface area contributed by atoms with E-state index in [0.717, 1.165) is 16.9 Å². The fraction of sp³-hybridized carbons (Fsp3) is 0.294. The monoisotopic (exact) mass is 319 g/mol. The first-order valence-corrected chi connectivity index (χ1v) is 8.70. The Hall–Kier alpha value is -1.85. The van der Waals surface area contributed by atoms with Crippen LogP contribution in [0.3, 0.4) is 0 Å². The molecule has 2 rings (SSSR count). The highest BCUT2D eigenvalue weighted by Gasteiger charge is 2.19. The second-order valence-corrected chi connectivity index (χ2v) is 6.79. The molecule has 0 unspecified atom stereocenters. The number of hydrogen-bond acceptors (Lipinski definition) is 3. The molecule has 22 heavy (non-hydrogen) atoms. The summed E-state index contributed by atoms with van der Waals surface area (Å²) < 4.78 is 33.1. The molecule has 0 aliphatic heterocycles. The third-order valence-corrected chi connectivity index (χ3v) is 5.13. The first-order chi connectivity index (χ1) is 10.5. The van der Waals surface area contributed by atoms with Gasteiger partial charge in [-0.3, -0.25) is 0 Å². The Morgan fingerprint density at radius 3 is 2.32 bits per heavy atom. The topological polar surface area (TPSA) is 55.4 Å². The standard InChI is InChI=1S/C17H21NO3S/c1-4-21-16-10-11-17(14(3)13(16)2)22(19,20)18-12-15-8-6-5-7-9-15/h5-11,18H,4,12H2,1-3H3. The molecular weight excluding hydrogens is 298 g/mol. The van der Waals surface area contributed by atoms with Gasteiger partial charge in [-0.15, -0.1) is 0 Å². The number of rotatable bonds is 6. The lowest BCUT2D eigenvalue weighted by Gasteiger charge is -2.14. The molecule has 5 heteroatoms. The summed E-state index contributed by atoms with van der Waals surface area (Å²) in [5.41, 5.74) is 2.49. The highest BCUT2D eigenvalue weighted by Crippen LogP contribution is 2.27. The van der Waals surface area contributed by atoms with Gasteiger partial charge in [-0.25, -0.2) is 13.1 Å². The van der Waals surface area contributed by atoms with Crippen LogP contribution >= 0.6 is 0 Å². The minimum absolute atomic E-state index is 0.273. The van der Waals surface area contributed by atoms with Gasteiger partial charge < -0.3 is 4.74 Å². The molecule has 1 N–H and O–H groups in total. The minimum Gasteiger partial charge on any atom is -0.494 e. The Bertz CT molecular complexity index is 740. The summed E-state index contributed by atoms with van der Waals surface area (Å²) in [5.74, 6) is 0.724. The summed E-state index contributed by atoms with van der Waals surface area (Å²) in [6.45, 7) is 6.40. The third-order valence-electron chi connectivity index (χ3n) is 3.59. The molecule has 0 bridgehead atoms. The van der Waals surface area contributed by atoms with Crippen LogP contribution in [0, 0.1) is 13.8 Å². The van der Waals surface area contributed by atoms with Gasteiger partial charge in [0.1, 0.15) is 5.75 Å². The Labute approximate surface area is 132 Å². The van der Waals surface area contributed by atoms with Gasteiger partial charge in [-0.2, -0.15) is 0 Å². The molecule has 0 fully saturated rings. The van der Waals surface area contributed by atoms with Crippen LogP contribution in [0.25, 0.3) is 0 Å². The van der Waals surface area contributed by atoms with Gasteiger partial charge >= 0.3 is 0 Å². The molecular formula is C17H21NO3S. The number of benzene rings is 2. The molecule has 4 nitrogen and oxygen atoms in total. The summed E-state index contributed by atoms with van der Waals surface area (Å²) in [5, 5.41) is 0. The Morgan fingerprint density at radius 2 is 1.68 bits per heavy atom. The van der Waals surface area contributed by atoms with E-state index in [4.69, 9.17) is 4.74 Å². The van der Waals surface area contributed by atoms with E-state index in [1.165, 1.54) is 0 Å². The molecule has 0 atom stereocenters. The van der Waals surface area contributed by atoms with Crippen LogP contribution in [0.2, 0.25) is 0 Å². The van der Waals surface area contributed by atoms with E-state index in [1.54, 1.807) is 19.1 Å². The fourth-order valence-electron chi connectivity index (χ4n) is 2.23. The minimum atomic E-state index is -3.55. The molecule has 2 aromatic carbocycles. The molecule has 0 saturated heterocycles. The van der Waals surface area contributed by atoms with Crippen molar-refractivity contribution in [2.24, 2.45) is 0 Å². The number of sulfonamides is 1. The average Bonchev–Trinajstić information content (AvgIpc) is 2.51. The highest BCUT2D eigenvalue weighted by molar-refractivity contribution is 7.89. The van der Waals surface area contributed by atoms with Crippen LogP contribution in [-0.4, -0.2) is 15.0 Å². The van der Waals surface area contributed by atoms with E-state index < -0.39 is 10.0 Å². The first-order valence-electron chi connectivity index (χ1n) is 7.22. The van der Waals surface area contributed by atoms with Crippen molar-refractivity contribution in [2.75, 3.05) is 6.61 Å². The second kappa shape index (κ2) is 6.94. The van der Waals surface area contributed by atoms with Crippen molar-refractivity contribution in [3.63, 3.8) is 0 Å². The van der Waals surface area contributed by atoms with Crippen LogP contribution in [0.1, 0.15) is 23.6 Å². The maximum Gasteiger partial charge on any atom is 0.241 e. The Kier molecular flexibility index (Phi) is 5.21. The van der Waals surface area contributed by atoms with Crippen LogP contribution in [0.5, 0.6) is 5.75 Å². The van der Waals surface area contributed by atoms with Crippen LogP contribution < -0.4 is 9.46 Å². The van der Waals surface area contributed by atoms with Crippen molar-refractivity contribution in [1.29, 1.82) is 0 Å². The highest BCUT2D eigenvalue weighted by atomic mass is 32.2. The van der Waals surface area contributed by atoms with Crippen molar-refractivity contribution in [1.82, 2.24) is 4.72 Å². The van der Waals surface area contributed by atoms with Gasteiger partial charge in [0.2, 0.25) is 10.0 Å². The number of nitrogens with one attached hydrogen (secondary N) is 1. The molecule has 2 aromatic rings. The quantitative estimate of drug-likeness (QED) is 0.889. The predicted molar refractivity (Wildman–Crippen MR) is 87.6 cm³/mol. The van der Waals surface area contributed by atoms with E-state index in [2.05, 4.69) is 4.72 Å². The second-order valence-electron chi connectivity index (χ2n) is 5.05. The van der Waals surface area contributed by atoms with Gasteiger partial charge in [0.05, 0.1) is 11.5 Å². The van der Waals surface area contributed by atoms with Crippen molar-refractivity contribution >= 4 is 10.0 Å². The Balaban J connectivity index is 2.24. The molecule has 0 saturated carbocycles. The molecule has 0 aliphatic rings. The molecule has 0 radical (unpaired) electrons. The van der Waals surface area contributed by atoms with Gasteiger partial charge in [0.15, 0.2) is 0 Å². The van der Waals surface area contributed by atoms with Crippen molar-refractivity contribution in [2.45, 2.75) is 32.2 Å². The lowest BCUT2D eigenvalue weighted by Crippen LogP contribution is -2.24. The van der Waals surface area contributed by atoms with E-state index in [0.29, 0.717) is 17.1 Å². The van der Waals surface area contributed by atoms with Crippen LogP contribution in [0.15, 0.2) is 47.4 Å². The summed E-state index contributed by atoms with van der Waals surface area (Å²) in [6, 6.07) is 12.8. The zero-order chi connectivity index (χ0) is 16.2. The molecule has 0 aliphatic carbocycles. The number of ether oxygens (including phenoxy) is 1. The van der Waals surface area contributed by atoms with Crippen molar-refractivity contribution in [3.05, 3.63) is 59.2 Å². The van der Waals surface area contributed by atoms with Crippen LogP contribution in [0.4, 0.5) is 0 Å². The van der Waals surface area contributed by atoms with Gasteiger partial charge in [0.25, 0.3) is 0 Å². The summed E-state index contributed by atoms with van der Waals surface area (Å²) in [6.07, 6.45) is 0. The van der Waals surface area contributed by atoms with Crippen molar-refractivity contribution < 1.29 is 13.2 Å². The maximum absolute atomic E-state index is 12.5. The predicted octanol–water partition coefficient (Wildman–Crippen LogP) is 3.18. The van der Waals surface area contributed by atoms with Crippen LogP contribution in [-0.2, 0) is 16.6 Å². The van der Waals surface area contributed by atoms with E-state index >= 15 is 0 Å². The third kappa shape index (κ3) is 3.67. The van der Waals surface area contributed by atoms with Crippen molar-refractivity contribution in [3.8, 4) is 5.75 Å². The zero-order valence-corrected chi connectivity index (χ0v) is 13.9. The lowest BCUT2D eigenvalue weighted by atomic mass is 10.1. The van der Waals surface area contributed by atoms with Gasteiger partial charge in [-0.05, 0) is 49.6 Å². The lowest BCUT2D eigenvalue weighted by molar-refractivity contribution is 0.337. The summed E-state index contributed by atoms with van der Waals surface area (Å²) in [4.78, 5) is 0.296. The Morgan fingerprint density at radius 1 is 1.00 bits per heavy atom. The maximum atomic E-state index is 12.5. The molecule has 0 spiro atoms. The van der Waals surface area contributed by atoms with Gasteiger partial charge in [-0.1, -0.05) is 30.3 Å². The molecule has 0 amide bonds. The zero-order valence-electron chi connectivity index (χ0n) is 13.1. The normalized spacial score (nSPS) is 11.4. The SMILES string of the molecule is CCOc1ccc(S(=O)(=O)NCc2ccccc2)c(C)c1C. The fourth-order valence-corrected chi connectivity index (χ4v) is 3.54. The molecule has 0 heterocycles. The number of hydrogen-bond donors (Lipinski definition) is 1. The van der Waals surface area contributed by atoms with E-state index in [9.17, 15) is 8.42 Å². The summed E-state index contributed by atoms with van der Waals surface area (Å²) >= 11 is 0. The van der Waals surface area contributed by atoms with Gasteiger partial charge in [0, 0.05) is 6.54 Å². The largest absolute Gasteiger partial charge is 0.494 e. The van der Waals surface area contributed by atoms with E-state index in [-0.39, 0.29) is 6.54 Å². The molecule has 0 aromatic heterocycles.